The Morgan fingerprint density at radius 3 is 1.46 bits per heavy atom. The molecule has 4 aromatic carbocycles. The normalized spacial score (nSPS) is 11.7. The van der Waals surface area contributed by atoms with E-state index in [0.29, 0.717) is 0 Å². The van der Waals surface area contributed by atoms with Crippen molar-refractivity contribution in [3.8, 4) is 0 Å². The molecule has 0 radical (unpaired) electrons. The van der Waals surface area contributed by atoms with Gasteiger partial charge in [0.1, 0.15) is 11.6 Å². The first-order chi connectivity index (χ1) is 18.2. The minimum atomic E-state index is -0.252. The zero-order valence-electron chi connectivity index (χ0n) is 19.9. The summed E-state index contributed by atoms with van der Waals surface area (Å²) in [6, 6.07) is 25.6. The zero-order chi connectivity index (χ0) is 25.2. The van der Waals surface area contributed by atoms with Crippen molar-refractivity contribution >= 4 is 67.1 Å². The topological polar surface area (TPSA) is 37.8 Å². The van der Waals surface area contributed by atoms with Crippen molar-refractivity contribution in [3.05, 3.63) is 96.6 Å². The first-order valence-corrected chi connectivity index (χ1v) is 14.1. The molecule has 3 nitrogen and oxygen atoms in total. The number of hydrogen-bond acceptors (Lipinski definition) is 5. The molecule has 0 unspecified atom stereocenters. The van der Waals surface area contributed by atoms with Crippen LogP contribution in [0, 0.1) is 11.6 Å². The molecule has 0 atom stereocenters. The maximum atomic E-state index is 14.0. The lowest BCUT2D eigenvalue weighted by atomic mass is 10.1. The molecule has 1 N–H and O–H groups in total. The summed E-state index contributed by atoms with van der Waals surface area (Å²) in [5.74, 6) is 1.18. The number of para-hydroxylation sites is 2. The van der Waals surface area contributed by atoms with Crippen LogP contribution in [0.5, 0.6) is 0 Å². The Bertz CT molecular complexity index is 1630. The van der Waals surface area contributed by atoms with Crippen molar-refractivity contribution in [2.24, 2.45) is 0 Å². The molecule has 0 aliphatic carbocycles. The van der Waals surface area contributed by atoms with E-state index in [4.69, 9.17) is 9.97 Å². The molecule has 0 aliphatic rings. The lowest BCUT2D eigenvalue weighted by molar-refractivity contribution is 0.629. The van der Waals surface area contributed by atoms with Crippen LogP contribution in [0.1, 0.15) is 0 Å². The van der Waals surface area contributed by atoms with E-state index in [2.05, 4.69) is 5.32 Å². The van der Waals surface area contributed by atoms with E-state index in [1.54, 1.807) is 47.8 Å². The summed E-state index contributed by atoms with van der Waals surface area (Å²) in [6.45, 7) is 1.62. The summed E-state index contributed by atoms with van der Waals surface area (Å²) < 4.78 is 28.1. The van der Waals surface area contributed by atoms with Gasteiger partial charge >= 0.3 is 0 Å². The van der Waals surface area contributed by atoms with Crippen LogP contribution in [0.15, 0.2) is 94.7 Å². The second kappa shape index (κ2) is 10.6. The first-order valence-electron chi connectivity index (χ1n) is 12.1. The number of rotatable bonds is 8. The van der Waals surface area contributed by atoms with Crippen LogP contribution in [0.4, 0.5) is 8.78 Å². The molecular formula is C30H23F2N3S2. The minimum absolute atomic E-state index is 0.252. The van der Waals surface area contributed by atoms with Crippen molar-refractivity contribution < 1.29 is 8.78 Å². The molecular weight excluding hydrogens is 504 g/mol. The van der Waals surface area contributed by atoms with E-state index < -0.39 is 0 Å². The fourth-order valence-corrected chi connectivity index (χ4v) is 6.73. The molecule has 0 fully saturated rings. The van der Waals surface area contributed by atoms with Crippen LogP contribution >= 0.6 is 23.5 Å². The van der Waals surface area contributed by atoms with Gasteiger partial charge in [-0.3, -0.25) is 0 Å². The maximum absolute atomic E-state index is 14.0. The standard InChI is InChI=1S/C30H23F2N3S2/c31-19-9-11-27-23(17-19)29(21-5-1-3-7-25(21)34-27)36-15-13-33-14-16-37-30-22-6-2-4-8-26(22)35-28-12-10-20(32)18-24(28)30/h1-12,17-18,33H,13-16H2. The number of hydrogen-bond donors (Lipinski definition) is 1. The SMILES string of the molecule is Fc1ccc2nc3ccccc3c(SCCNCCSc3c4ccccc4nc4ccc(F)cc34)c2c1. The number of pyridine rings is 2. The number of benzene rings is 4. The highest BCUT2D eigenvalue weighted by molar-refractivity contribution is 8.00. The van der Waals surface area contributed by atoms with Gasteiger partial charge in [-0.05, 0) is 48.5 Å². The molecule has 6 rings (SSSR count). The Kier molecular flexibility index (Phi) is 6.91. The van der Waals surface area contributed by atoms with Gasteiger partial charge in [0.2, 0.25) is 0 Å². The van der Waals surface area contributed by atoms with Crippen LogP contribution in [0.3, 0.4) is 0 Å². The third-order valence-electron chi connectivity index (χ3n) is 6.24. The molecule has 0 bridgehead atoms. The van der Waals surface area contributed by atoms with Crippen molar-refractivity contribution in [1.29, 1.82) is 0 Å². The van der Waals surface area contributed by atoms with Gasteiger partial charge in [-0.2, -0.15) is 0 Å². The molecule has 6 aromatic rings. The van der Waals surface area contributed by atoms with Gasteiger partial charge < -0.3 is 5.32 Å². The molecule has 2 aromatic heterocycles. The molecule has 0 saturated carbocycles. The van der Waals surface area contributed by atoms with Crippen LogP contribution < -0.4 is 5.32 Å². The molecule has 0 saturated heterocycles. The second-order valence-electron chi connectivity index (χ2n) is 8.69. The summed E-state index contributed by atoms with van der Waals surface area (Å²) in [7, 11) is 0. The van der Waals surface area contributed by atoms with Gasteiger partial charge in [0.05, 0.1) is 22.1 Å². The zero-order valence-corrected chi connectivity index (χ0v) is 21.5. The number of thioether (sulfide) groups is 2. The van der Waals surface area contributed by atoms with E-state index in [-0.39, 0.29) is 11.6 Å². The van der Waals surface area contributed by atoms with Gasteiger partial charge in [-0.25, -0.2) is 18.7 Å². The average molecular weight is 528 g/mol. The highest BCUT2D eigenvalue weighted by Gasteiger charge is 2.12. The Balaban J connectivity index is 1.12. The van der Waals surface area contributed by atoms with E-state index in [0.717, 1.165) is 78.0 Å². The van der Waals surface area contributed by atoms with E-state index in [1.807, 2.05) is 48.5 Å². The van der Waals surface area contributed by atoms with Crippen molar-refractivity contribution in [1.82, 2.24) is 15.3 Å². The number of halogens is 2. The summed E-state index contributed by atoms with van der Waals surface area (Å²) in [6.07, 6.45) is 0. The highest BCUT2D eigenvalue weighted by Crippen LogP contribution is 2.35. The van der Waals surface area contributed by atoms with Crippen molar-refractivity contribution in [3.63, 3.8) is 0 Å². The fraction of sp³-hybridized carbons (Fsp3) is 0.133. The number of nitrogens with zero attached hydrogens (tertiary/aromatic N) is 2. The van der Waals surface area contributed by atoms with Crippen LogP contribution in [-0.2, 0) is 0 Å². The summed E-state index contributed by atoms with van der Waals surface area (Å²) in [5, 5.41) is 7.31. The fourth-order valence-electron chi connectivity index (χ4n) is 4.54. The molecule has 184 valence electrons. The molecule has 0 aliphatic heterocycles. The van der Waals surface area contributed by atoms with Gasteiger partial charge in [0.15, 0.2) is 0 Å². The Morgan fingerprint density at radius 2 is 0.973 bits per heavy atom. The Morgan fingerprint density at radius 1 is 0.541 bits per heavy atom. The van der Waals surface area contributed by atoms with Gasteiger partial charge in [-0.15, -0.1) is 23.5 Å². The predicted octanol–water partition coefficient (Wildman–Crippen LogP) is 7.84. The smallest absolute Gasteiger partial charge is 0.124 e. The summed E-state index contributed by atoms with van der Waals surface area (Å²) >= 11 is 3.44. The van der Waals surface area contributed by atoms with E-state index in [1.165, 1.54) is 12.1 Å². The highest BCUT2D eigenvalue weighted by atomic mass is 32.2. The first kappa shape index (κ1) is 24.1. The third kappa shape index (κ3) is 4.99. The lowest BCUT2D eigenvalue weighted by Gasteiger charge is -2.12. The predicted molar refractivity (Wildman–Crippen MR) is 153 cm³/mol. The van der Waals surface area contributed by atoms with Crippen molar-refractivity contribution in [2.45, 2.75) is 9.79 Å². The molecule has 2 heterocycles. The van der Waals surface area contributed by atoms with Crippen molar-refractivity contribution in [2.75, 3.05) is 24.6 Å². The summed E-state index contributed by atoms with van der Waals surface area (Å²) in [5.41, 5.74) is 3.45. The number of aromatic nitrogens is 2. The minimum Gasteiger partial charge on any atom is -0.315 e. The second-order valence-corrected chi connectivity index (χ2v) is 10.9. The van der Waals surface area contributed by atoms with Gasteiger partial charge in [0.25, 0.3) is 0 Å². The quantitative estimate of drug-likeness (QED) is 0.124. The molecule has 37 heavy (non-hydrogen) atoms. The monoisotopic (exact) mass is 527 g/mol. The molecule has 7 heteroatoms. The summed E-state index contributed by atoms with van der Waals surface area (Å²) in [4.78, 5) is 11.5. The molecule has 0 amide bonds. The number of nitrogens with one attached hydrogen (secondary N) is 1. The van der Waals surface area contributed by atoms with Crippen LogP contribution in [0.2, 0.25) is 0 Å². The molecule has 0 spiro atoms. The van der Waals surface area contributed by atoms with E-state index >= 15 is 0 Å². The number of fused-ring (bicyclic) bond motifs is 4. The van der Waals surface area contributed by atoms with Gasteiger partial charge in [0, 0.05) is 55.9 Å². The Hall–Kier alpha value is -3.26. The van der Waals surface area contributed by atoms with Crippen LogP contribution in [-0.4, -0.2) is 34.6 Å². The van der Waals surface area contributed by atoms with E-state index in [9.17, 15) is 8.78 Å². The lowest BCUT2D eigenvalue weighted by Crippen LogP contribution is -2.20. The van der Waals surface area contributed by atoms with Crippen LogP contribution in [0.25, 0.3) is 43.6 Å². The largest absolute Gasteiger partial charge is 0.315 e. The Labute approximate surface area is 221 Å². The maximum Gasteiger partial charge on any atom is 0.124 e. The average Bonchev–Trinajstić information content (AvgIpc) is 2.92. The third-order valence-corrected chi connectivity index (χ3v) is 8.51. The van der Waals surface area contributed by atoms with Gasteiger partial charge in [-0.1, -0.05) is 36.4 Å².